The lowest BCUT2D eigenvalue weighted by molar-refractivity contribution is -0.137. The zero-order chi connectivity index (χ0) is 21.0. The molecule has 0 fully saturated rings. The molecule has 152 valence electrons. The molecule has 2 aromatic carbocycles. The quantitative estimate of drug-likeness (QED) is 0.627. The van der Waals surface area contributed by atoms with Crippen LogP contribution in [0, 0.1) is 0 Å². The van der Waals surface area contributed by atoms with Crippen molar-refractivity contribution in [3.63, 3.8) is 0 Å². The van der Waals surface area contributed by atoms with Crippen LogP contribution < -0.4 is 10.2 Å². The predicted molar refractivity (Wildman–Crippen MR) is 109 cm³/mol. The Hall–Kier alpha value is -2.87. The molecule has 4 nitrogen and oxygen atoms in total. The number of hydrogen-bond donors (Lipinski definition) is 1. The van der Waals surface area contributed by atoms with Crippen LogP contribution in [0.3, 0.4) is 0 Å². The minimum atomic E-state index is -4.36. The van der Waals surface area contributed by atoms with Gasteiger partial charge in [0.1, 0.15) is 5.01 Å². The number of benzene rings is 2. The third kappa shape index (κ3) is 5.57. The molecule has 0 spiro atoms. The van der Waals surface area contributed by atoms with E-state index in [2.05, 4.69) is 10.3 Å². The minimum absolute atomic E-state index is 0.116. The number of anilines is 1. The fraction of sp³-hybridized carbons (Fsp3) is 0.238. The second kappa shape index (κ2) is 8.65. The molecule has 1 aromatic heterocycles. The molecule has 29 heavy (non-hydrogen) atoms. The number of hydrogen-bond acceptors (Lipinski definition) is 4. The highest BCUT2D eigenvalue weighted by Crippen LogP contribution is 2.31. The van der Waals surface area contributed by atoms with Gasteiger partial charge < -0.3 is 10.2 Å². The minimum Gasteiger partial charge on any atom is -0.378 e. The zero-order valence-corrected chi connectivity index (χ0v) is 16.8. The summed E-state index contributed by atoms with van der Waals surface area (Å²) in [6.45, 7) is 0.413. The molecule has 0 bridgehead atoms. The van der Waals surface area contributed by atoms with E-state index in [1.165, 1.54) is 23.5 Å². The normalized spacial score (nSPS) is 11.3. The zero-order valence-electron chi connectivity index (χ0n) is 16.0. The Morgan fingerprint density at radius 2 is 1.86 bits per heavy atom. The summed E-state index contributed by atoms with van der Waals surface area (Å²) in [5.41, 5.74) is 2.53. The predicted octanol–water partition coefficient (Wildman–Crippen LogP) is 4.75. The van der Waals surface area contributed by atoms with Crippen molar-refractivity contribution in [3.05, 3.63) is 70.7 Å². The van der Waals surface area contributed by atoms with Gasteiger partial charge >= 0.3 is 6.18 Å². The van der Waals surface area contributed by atoms with Crippen LogP contribution in [0.15, 0.2) is 53.9 Å². The number of amides is 1. The fourth-order valence-electron chi connectivity index (χ4n) is 2.69. The highest BCUT2D eigenvalue weighted by atomic mass is 32.1. The van der Waals surface area contributed by atoms with Crippen molar-refractivity contribution in [2.24, 2.45) is 0 Å². The summed E-state index contributed by atoms with van der Waals surface area (Å²) in [7, 11) is 3.91. The summed E-state index contributed by atoms with van der Waals surface area (Å²) in [5, 5.41) is 5.20. The molecular weight excluding hydrogens is 399 g/mol. The van der Waals surface area contributed by atoms with Crippen LogP contribution in [0.1, 0.15) is 16.8 Å². The van der Waals surface area contributed by atoms with Crippen molar-refractivity contribution in [1.82, 2.24) is 10.3 Å². The first-order valence-corrected chi connectivity index (χ1v) is 9.75. The van der Waals surface area contributed by atoms with Gasteiger partial charge in [-0.25, -0.2) is 4.98 Å². The van der Waals surface area contributed by atoms with Crippen molar-refractivity contribution in [1.29, 1.82) is 0 Å². The summed E-state index contributed by atoms with van der Waals surface area (Å²) in [4.78, 5) is 18.6. The third-order valence-corrected chi connectivity index (χ3v) is 5.21. The Kier molecular flexibility index (Phi) is 6.22. The van der Waals surface area contributed by atoms with E-state index < -0.39 is 11.7 Å². The van der Waals surface area contributed by atoms with E-state index >= 15 is 0 Å². The number of carbonyl (C=O) groups excluding carboxylic acids is 1. The molecule has 1 amide bonds. The largest absolute Gasteiger partial charge is 0.416 e. The maximum atomic E-state index is 12.7. The number of rotatable bonds is 6. The van der Waals surface area contributed by atoms with E-state index in [4.69, 9.17) is 0 Å². The van der Waals surface area contributed by atoms with Crippen LogP contribution in [0.5, 0.6) is 0 Å². The van der Waals surface area contributed by atoms with Gasteiger partial charge in [0.15, 0.2) is 0 Å². The van der Waals surface area contributed by atoms with Gasteiger partial charge in [-0.05, 0) is 29.8 Å². The van der Waals surface area contributed by atoms with Crippen LogP contribution in [-0.4, -0.2) is 25.0 Å². The highest BCUT2D eigenvalue weighted by molar-refractivity contribution is 7.13. The summed E-state index contributed by atoms with van der Waals surface area (Å²) >= 11 is 1.30. The average Bonchev–Trinajstić information content (AvgIpc) is 3.14. The molecule has 1 heterocycles. The molecule has 0 saturated heterocycles. The number of halogens is 3. The smallest absolute Gasteiger partial charge is 0.378 e. The standard InChI is InChI=1S/C21H20F3N3OS/c1-27(2)18-5-3-4-14(10-18)12-25-19(28)11-17-13-29-20(26-17)15-6-8-16(9-7-15)21(22,23)24/h3-10,13H,11-12H2,1-2H3,(H,25,28). The van der Waals surface area contributed by atoms with Crippen LogP contribution in [0.2, 0.25) is 0 Å². The number of thiazole rings is 1. The lowest BCUT2D eigenvalue weighted by atomic mass is 10.1. The SMILES string of the molecule is CN(C)c1cccc(CNC(=O)Cc2csc(-c3ccc(C(F)(F)F)cc3)n2)c1. The molecule has 0 aliphatic carbocycles. The first-order chi connectivity index (χ1) is 13.7. The average molecular weight is 419 g/mol. The summed E-state index contributed by atoms with van der Waals surface area (Å²) in [6.07, 6.45) is -4.25. The van der Waals surface area contributed by atoms with Gasteiger partial charge in [0.25, 0.3) is 0 Å². The second-order valence-corrected chi connectivity index (χ2v) is 7.60. The summed E-state index contributed by atoms with van der Waals surface area (Å²) in [6, 6.07) is 12.7. The molecule has 0 radical (unpaired) electrons. The Morgan fingerprint density at radius 3 is 2.52 bits per heavy atom. The maximum Gasteiger partial charge on any atom is 0.416 e. The van der Waals surface area contributed by atoms with E-state index in [-0.39, 0.29) is 12.3 Å². The Balaban J connectivity index is 1.58. The van der Waals surface area contributed by atoms with E-state index in [0.717, 1.165) is 23.4 Å². The Morgan fingerprint density at radius 1 is 1.14 bits per heavy atom. The fourth-order valence-corrected chi connectivity index (χ4v) is 3.52. The first-order valence-electron chi connectivity index (χ1n) is 8.87. The van der Waals surface area contributed by atoms with Crippen LogP contribution >= 0.6 is 11.3 Å². The number of aromatic nitrogens is 1. The monoisotopic (exact) mass is 419 g/mol. The van der Waals surface area contributed by atoms with Gasteiger partial charge in [0, 0.05) is 37.3 Å². The van der Waals surface area contributed by atoms with Gasteiger partial charge in [0.05, 0.1) is 17.7 Å². The molecular formula is C21H20F3N3OS. The molecule has 0 atom stereocenters. The van der Waals surface area contributed by atoms with Crippen molar-refractivity contribution in [3.8, 4) is 10.6 Å². The lowest BCUT2D eigenvalue weighted by Gasteiger charge is -2.13. The van der Waals surface area contributed by atoms with Crippen LogP contribution in [0.25, 0.3) is 10.6 Å². The van der Waals surface area contributed by atoms with Gasteiger partial charge in [-0.1, -0.05) is 24.3 Å². The van der Waals surface area contributed by atoms with Gasteiger partial charge in [-0.15, -0.1) is 11.3 Å². The van der Waals surface area contributed by atoms with Gasteiger partial charge in [-0.2, -0.15) is 13.2 Å². The molecule has 1 N–H and O–H groups in total. The topological polar surface area (TPSA) is 45.2 Å². The Labute approximate surface area is 171 Å². The molecule has 8 heteroatoms. The van der Waals surface area contributed by atoms with Gasteiger partial charge in [-0.3, -0.25) is 4.79 Å². The Bertz CT molecular complexity index is 981. The molecule has 0 saturated carbocycles. The van der Waals surface area contributed by atoms with Crippen molar-refractivity contribution in [2.75, 3.05) is 19.0 Å². The van der Waals surface area contributed by atoms with E-state index in [9.17, 15) is 18.0 Å². The lowest BCUT2D eigenvalue weighted by Crippen LogP contribution is -2.24. The molecule has 0 aliphatic rings. The third-order valence-electron chi connectivity index (χ3n) is 4.27. The van der Waals surface area contributed by atoms with Crippen LogP contribution in [-0.2, 0) is 23.9 Å². The molecule has 3 rings (SSSR count). The van der Waals surface area contributed by atoms with E-state index in [1.807, 2.05) is 43.3 Å². The van der Waals surface area contributed by atoms with Gasteiger partial charge in [0.2, 0.25) is 5.91 Å². The number of alkyl halides is 3. The summed E-state index contributed by atoms with van der Waals surface area (Å²) in [5.74, 6) is -0.162. The first kappa shape index (κ1) is 20.9. The second-order valence-electron chi connectivity index (χ2n) is 6.74. The van der Waals surface area contributed by atoms with Crippen molar-refractivity contribution >= 4 is 22.9 Å². The molecule has 3 aromatic rings. The number of nitrogens with zero attached hydrogens (tertiary/aromatic N) is 2. The molecule has 0 unspecified atom stereocenters. The van der Waals surface area contributed by atoms with Crippen molar-refractivity contribution < 1.29 is 18.0 Å². The summed E-state index contributed by atoms with van der Waals surface area (Å²) < 4.78 is 38.0. The number of carbonyl (C=O) groups is 1. The van der Waals surface area contributed by atoms with E-state index in [1.54, 1.807) is 5.38 Å². The highest BCUT2D eigenvalue weighted by Gasteiger charge is 2.30. The maximum absolute atomic E-state index is 12.7. The molecule has 0 aliphatic heterocycles. The van der Waals surface area contributed by atoms with E-state index in [0.29, 0.717) is 22.8 Å². The van der Waals surface area contributed by atoms with Crippen LogP contribution in [0.4, 0.5) is 18.9 Å². The number of nitrogens with one attached hydrogen (secondary N) is 1. The van der Waals surface area contributed by atoms with Crippen molar-refractivity contribution in [2.45, 2.75) is 19.1 Å².